The first-order valence-electron chi connectivity index (χ1n) is 4.19. The maximum atomic E-state index is 5.78. The highest BCUT2D eigenvalue weighted by atomic mass is 15.2. The Morgan fingerprint density at radius 2 is 2.33 bits per heavy atom. The summed E-state index contributed by atoms with van der Waals surface area (Å²) in [5.41, 5.74) is 1.12. The first-order chi connectivity index (χ1) is 5.75. The second-order valence-electron chi connectivity index (χ2n) is 2.84. The van der Waals surface area contributed by atoms with E-state index in [2.05, 4.69) is 11.9 Å². The molecule has 0 amide bonds. The molecule has 0 saturated heterocycles. The number of nitrogens with zero attached hydrogens (tertiary/aromatic N) is 2. The lowest BCUT2D eigenvalue weighted by Crippen LogP contribution is -2.17. The van der Waals surface area contributed by atoms with Crippen molar-refractivity contribution in [2.45, 2.75) is 20.3 Å². The number of anilines is 1. The molecule has 1 heterocycles. The van der Waals surface area contributed by atoms with E-state index >= 15 is 0 Å². The molecule has 2 nitrogen and oxygen atoms in total. The van der Waals surface area contributed by atoms with Gasteiger partial charge >= 0.3 is 0 Å². The van der Waals surface area contributed by atoms with E-state index in [1.807, 2.05) is 19.1 Å². The number of pyridine rings is 1. The Morgan fingerprint density at radius 3 is 2.92 bits per heavy atom. The zero-order chi connectivity index (χ0) is 8.97. The van der Waals surface area contributed by atoms with Gasteiger partial charge in [-0.1, -0.05) is 13.0 Å². The van der Waals surface area contributed by atoms with Crippen molar-refractivity contribution in [1.29, 1.82) is 0 Å². The van der Waals surface area contributed by atoms with E-state index in [-0.39, 0.29) is 0 Å². The van der Waals surface area contributed by atoms with Crippen molar-refractivity contribution < 1.29 is 0 Å². The highest BCUT2D eigenvalue weighted by Gasteiger charge is 2.03. The molecule has 2 radical (unpaired) electrons. The van der Waals surface area contributed by atoms with Crippen molar-refractivity contribution in [2.24, 2.45) is 0 Å². The van der Waals surface area contributed by atoms with Gasteiger partial charge in [-0.2, -0.15) is 0 Å². The van der Waals surface area contributed by atoms with Crippen LogP contribution in [0, 0.1) is 14.0 Å². The van der Waals surface area contributed by atoms with Crippen LogP contribution in [0.15, 0.2) is 18.3 Å². The Morgan fingerprint density at radius 1 is 1.58 bits per heavy atom. The Labute approximate surface area is 74.2 Å². The second-order valence-corrected chi connectivity index (χ2v) is 2.84. The number of aromatic nitrogens is 1. The fourth-order valence-electron chi connectivity index (χ4n) is 1.12. The fraction of sp³-hybridized carbons (Fsp3) is 0.400. The fourth-order valence-corrected chi connectivity index (χ4v) is 1.12. The molecule has 0 aromatic carbocycles. The van der Waals surface area contributed by atoms with Crippen LogP contribution in [-0.2, 0) is 0 Å². The summed E-state index contributed by atoms with van der Waals surface area (Å²) in [5, 5.41) is 0. The van der Waals surface area contributed by atoms with Gasteiger partial charge < -0.3 is 4.90 Å². The van der Waals surface area contributed by atoms with Crippen molar-refractivity contribution in [1.82, 2.24) is 4.98 Å². The maximum absolute atomic E-state index is 5.78. The average molecular weight is 162 g/mol. The van der Waals surface area contributed by atoms with Crippen molar-refractivity contribution in [2.75, 3.05) is 11.4 Å². The molecule has 12 heavy (non-hydrogen) atoms. The van der Waals surface area contributed by atoms with Gasteiger partial charge in [-0.3, -0.25) is 0 Å². The summed E-state index contributed by atoms with van der Waals surface area (Å²) in [6.07, 6.45) is 2.80. The Bertz CT molecular complexity index is 245. The average Bonchev–Trinajstić information content (AvgIpc) is 2.05. The molecule has 64 valence electrons. The van der Waals surface area contributed by atoms with Crippen LogP contribution in [0.4, 0.5) is 5.82 Å². The van der Waals surface area contributed by atoms with Crippen molar-refractivity contribution >= 4 is 5.82 Å². The first kappa shape index (κ1) is 9.04. The van der Waals surface area contributed by atoms with Crippen LogP contribution in [0.2, 0.25) is 0 Å². The molecule has 0 fully saturated rings. The Balaban J connectivity index is 2.79. The van der Waals surface area contributed by atoms with Gasteiger partial charge in [-0.15, -0.1) is 0 Å². The number of rotatable bonds is 3. The normalized spacial score (nSPS) is 9.92. The summed E-state index contributed by atoms with van der Waals surface area (Å²) >= 11 is 0. The van der Waals surface area contributed by atoms with Gasteiger partial charge in [0, 0.05) is 12.7 Å². The third-order valence-electron chi connectivity index (χ3n) is 1.72. The van der Waals surface area contributed by atoms with Crippen molar-refractivity contribution in [3.8, 4) is 0 Å². The Hall–Kier alpha value is -1.05. The van der Waals surface area contributed by atoms with Gasteiger partial charge in [-0.25, -0.2) is 4.98 Å². The number of hydrogen-bond donors (Lipinski definition) is 0. The lowest BCUT2D eigenvalue weighted by Gasteiger charge is -2.17. The molecule has 0 spiro atoms. The number of hydrogen-bond acceptors (Lipinski definition) is 2. The standard InChI is InChI=1S/C10H14N2/c1-4-8-12(3)10-9(2)6-5-7-11-10/h3,5-7H,4,8H2,1-2H3. The first-order valence-corrected chi connectivity index (χ1v) is 4.19. The molecule has 1 aromatic heterocycles. The van der Waals surface area contributed by atoms with Crippen molar-refractivity contribution in [3.05, 3.63) is 30.9 Å². The van der Waals surface area contributed by atoms with E-state index < -0.39 is 0 Å². The minimum absolute atomic E-state index is 0.845. The SMILES string of the molecule is [CH]N(CCC)c1ncccc1C. The third-order valence-corrected chi connectivity index (χ3v) is 1.72. The highest BCUT2D eigenvalue weighted by Crippen LogP contribution is 2.14. The lowest BCUT2D eigenvalue weighted by molar-refractivity contribution is 0.860. The molecular weight excluding hydrogens is 148 g/mol. The predicted octanol–water partition coefficient (Wildman–Crippen LogP) is 2.28. The molecule has 0 unspecified atom stereocenters. The smallest absolute Gasteiger partial charge is 0.131 e. The summed E-state index contributed by atoms with van der Waals surface area (Å²) in [7, 11) is 5.78. The summed E-state index contributed by atoms with van der Waals surface area (Å²) in [6.45, 7) is 4.95. The van der Waals surface area contributed by atoms with Gasteiger partial charge in [0.2, 0.25) is 0 Å². The second kappa shape index (κ2) is 4.10. The van der Waals surface area contributed by atoms with Crippen LogP contribution in [0.3, 0.4) is 0 Å². The van der Waals surface area contributed by atoms with E-state index in [4.69, 9.17) is 7.05 Å². The molecule has 0 bridgehead atoms. The zero-order valence-electron chi connectivity index (χ0n) is 7.62. The lowest BCUT2D eigenvalue weighted by atomic mass is 10.2. The summed E-state index contributed by atoms with van der Waals surface area (Å²) in [4.78, 5) is 5.89. The van der Waals surface area contributed by atoms with Gasteiger partial charge in [0.1, 0.15) is 5.82 Å². The van der Waals surface area contributed by atoms with Crippen LogP contribution < -0.4 is 4.90 Å². The van der Waals surface area contributed by atoms with E-state index in [1.165, 1.54) is 0 Å². The Kier molecular flexibility index (Phi) is 3.09. The van der Waals surface area contributed by atoms with E-state index in [0.717, 1.165) is 24.3 Å². The topological polar surface area (TPSA) is 16.1 Å². The largest absolute Gasteiger partial charge is 0.349 e. The minimum atomic E-state index is 0.845. The molecule has 2 heteroatoms. The zero-order valence-corrected chi connectivity index (χ0v) is 7.62. The van der Waals surface area contributed by atoms with Gasteiger partial charge in [0.25, 0.3) is 0 Å². The van der Waals surface area contributed by atoms with Crippen LogP contribution in [0.25, 0.3) is 0 Å². The molecule has 0 aliphatic carbocycles. The van der Waals surface area contributed by atoms with Gasteiger partial charge in [0.05, 0.1) is 7.05 Å². The molecule has 1 aromatic rings. The van der Waals surface area contributed by atoms with Crippen LogP contribution in [0.1, 0.15) is 18.9 Å². The molecule has 0 aliphatic rings. The molecule has 0 aliphatic heterocycles. The molecule has 0 saturated carbocycles. The summed E-state index contributed by atoms with van der Waals surface area (Å²) < 4.78 is 0. The molecule has 0 atom stereocenters. The van der Waals surface area contributed by atoms with Crippen molar-refractivity contribution in [3.63, 3.8) is 0 Å². The predicted molar refractivity (Wildman–Crippen MR) is 50.9 cm³/mol. The third kappa shape index (κ3) is 1.97. The summed E-state index contributed by atoms with van der Waals surface area (Å²) in [6, 6.07) is 3.93. The summed E-state index contributed by atoms with van der Waals surface area (Å²) in [5.74, 6) is 0.874. The van der Waals surface area contributed by atoms with Gasteiger partial charge in [-0.05, 0) is 25.0 Å². The molecular formula is C10H14N2. The van der Waals surface area contributed by atoms with E-state index in [0.29, 0.717) is 0 Å². The van der Waals surface area contributed by atoms with E-state index in [1.54, 1.807) is 11.1 Å². The maximum Gasteiger partial charge on any atom is 0.131 e. The number of aryl methyl sites for hydroxylation is 1. The molecule has 1 rings (SSSR count). The van der Waals surface area contributed by atoms with Gasteiger partial charge in [0.15, 0.2) is 0 Å². The quantitative estimate of drug-likeness (QED) is 0.634. The van der Waals surface area contributed by atoms with Crippen LogP contribution in [0.5, 0.6) is 0 Å². The minimum Gasteiger partial charge on any atom is -0.349 e. The van der Waals surface area contributed by atoms with E-state index in [9.17, 15) is 0 Å². The molecule has 0 N–H and O–H groups in total. The monoisotopic (exact) mass is 162 g/mol. The van der Waals surface area contributed by atoms with Crippen LogP contribution >= 0.6 is 0 Å². The van der Waals surface area contributed by atoms with Crippen LogP contribution in [-0.4, -0.2) is 11.5 Å². The highest BCUT2D eigenvalue weighted by molar-refractivity contribution is 5.45.